The molecule has 1 aliphatic heterocycles. The van der Waals surface area contributed by atoms with Crippen LogP contribution in [0.25, 0.3) is 0 Å². The monoisotopic (exact) mass is 374 g/mol. The Kier molecular flexibility index (Phi) is 4.85. The van der Waals surface area contributed by atoms with Crippen LogP contribution in [0.15, 0.2) is 65.3 Å². The minimum atomic E-state index is -1.35. The number of non-ortho nitro benzene ring substituents is 1. The van der Waals surface area contributed by atoms with Gasteiger partial charge in [-0.05, 0) is 24.3 Å². The Labute approximate surface area is 152 Å². The molecule has 0 unspecified atom stereocenters. The highest BCUT2D eigenvalue weighted by molar-refractivity contribution is 6.42. The highest BCUT2D eigenvalue weighted by Gasteiger charge is 2.36. The van der Waals surface area contributed by atoms with Crippen molar-refractivity contribution in [3.05, 3.63) is 81.0 Å². The minimum absolute atomic E-state index is 0.0369. The first-order valence-corrected chi connectivity index (χ1v) is 7.71. The SMILES string of the molecule is O=C1O[C@H](OC(=O)c2ccccc2)C(Nc2ccc([N+](=O)[O-])cc2)=C1Cl. The molecule has 1 atom stereocenters. The van der Waals surface area contributed by atoms with Crippen LogP contribution in [0.3, 0.4) is 0 Å². The molecule has 1 N–H and O–H groups in total. The zero-order valence-electron chi connectivity index (χ0n) is 13.0. The molecule has 26 heavy (non-hydrogen) atoms. The van der Waals surface area contributed by atoms with Crippen LogP contribution in [0.1, 0.15) is 10.4 Å². The van der Waals surface area contributed by atoms with Crippen LogP contribution < -0.4 is 5.32 Å². The Bertz CT molecular complexity index is 895. The second-order valence-corrected chi connectivity index (χ2v) is 5.54. The first-order chi connectivity index (χ1) is 12.5. The predicted octanol–water partition coefficient (Wildman–Crippen LogP) is 3.20. The van der Waals surface area contributed by atoms with Crippen LogP contribution in [-0.2, 0) is 14.3 Å². The van der Waals surface area contributed by atoms with E-state index in [0.29, 0.717) is 5.69 Å². The lowest BCUT2D eigenvalue weighted by molar-refractivity contribution is -0.384. The van der Waals surface area contributed by atoms with Gasteiger partial charge < -0.3 is 14.8 Å². The largest absolute Gasteiger partial charge is 0.415 e. The van der Waals surface area contributed by atoms with E-state index < -0.39 is 23.2 Å². The first-order valence-electron chi connectivity index (χ1n) is 7.34. The average molecular weight is 375 g/mol. The average Bonchev–Trinajstić information content (AvgIpc) is 2.90. The lowest BCUT2D eigenvalue weighted by Gasteiger charge is -2.16. The number of cyclic esters (lactones) is 1. The molecule has 2 aromatic carbocycles. The van der Waals surface area contributed by atoms with E-state index >= 15 is 0 Å². The van der Waals surface area contributed by atoms with E-state index in [2.05, 4.69) is 5.32 Å². The molecular weight excluding hydrogens is 364 g/mol. The molecule has 1 aliphatic rings. The number of esters is 2. The maximum Gasteiger partial charge on any atom is 0.355 e. The second kappa shape index (κ2) is 7.24. The number of nitro benzene ring substituents is 1. The van der Waals surface area contributed by atoms with Crippen LogP contribution in [0.5, 0.6) is 0 Å². The molecule has 0 fully saturated rings. The smallest absolute Gasteiger partial charge is 0.355 e. The molecule has 0 aliphatic carbocycles. The second-order valence-electron chi connectivity index (χ2n) is 5.17. The van der Waals surface area contributed by atoms with Crippen LogP contribution in [-0.4, -0.2) is 23.2 Å². The fourth-order valence-electron chi connectivity index (χ4n) is 2.18. The van der Waals surface area contributed by atoms with E-state index in [-0.39, 0.29) is 22.0 Å². The summed E-state index contributed by atoms with van der Waals surface area (Å²) in [6, 6.07) is 13.6. The van der Waals surface area contributed by atoms with Gasteiger partial charge >= 0.3 is 11.9 Å². The molecule has 9 heteroatoms. The van der Waals surface area contributed by atoms with Crippen molar-refractivity contribution in [2.24, 2.45) is 0 Å². The maximum absolute atomic E-state index is 12.1. The minimum Gasteiger partial charge on any atom is -0.415 e. The van der Waals surface area contributed by atoms with Crippen molar-refractivity contribution >= 4 is 34.9 Å². The number of carbonyl (C=O) groups is 2. The van der Waals surface area contributed by atoms with Gasteiger partial charge in [0.1, 0.15) is 5.70 Å². The lowest BCUT2D eigenvalue weighted by Crippen LogP contribution is -2.24. The fraction of sp³-hybridized carbons (Fsp3) is 0.0588. The topological polar surface area (TPSA) is 108 Å². The summed E-state index contributed by atoms with van der Waals surface area (Å²) in [6.45, 7) is 0. The Morgan fingerprint density at radius 3 is 2.42 bits per heavy atom. The summed E-state index contributed by atoms with van der Waals surface area (Å²) < 4.78 is 10.1. The Balaban J connectivity index is 1.78. The number of halogens is 1. The molecule has 1 heterocycles. The molecule has 0 aromatic heterocycles. The van der Waals surface area contributed by atoms with E-state index in [1.165, 1.54) is 24.3 Å². The molecule has 2 aromatic rings. The maximum atomic E-state index is 12.1. The molecular formula is C17H11ClN2O6. The first kappa shape index (κ1) is 17.4. The number of nitrogens with one attached hydrogen (secondary N) is 1. The number of anilines is 1. The molecule has 0 saturated carbocycles. The van der Waals surface area contributed by atoms with Gasteiger partial charge in [0.15, 0.2) is 5.03 Å². The summed E-state index contributed by atoms with van der Waals surface area (Å²) in [7, 11) is 0. The number of hydrogen-bond acceptors (Lipinski definition) is 7. The Morgan fingerprint density at radius 2 is 1.81 bits per heavy atom. The van der Waals surface area contributed by atoms with Crippen molar-refractivity contribution in [1.29, 1.82) is 0 Å². The molecule has 3 rings (SSSR count). The normalized spacial score (nSPS) is 16.2. The summed E-state index contributed by atoms with van der Waals surface area (Å²) >= 11 is 5.93. The van der Waals surface area contributed by atoms with Crippen molar-refractivity contribution in [3.63, 3.8) is 0 Å². The molecule has 0 bridgehead atoms. The van der Waals surface area contributed by atoms with Crippen molar-refractivity contribution in [1.82, 2.24) is 0 Å². The van der Waals surface area contributed by atoms with Crippen LogP contribution in [0, 0.1) is 10.1 Å². The molecule has 0 radical (unpaired) electrons. The van der Waals surface area contributed by atoms with Crippen molar-refractivity contribution in [2.75, 3.05) is 5.32 Å². The third-order valence-electron chi connectivity index (χ3n) is 3.45. The van der Waals surface area contributed by atoms with E-state index in [0.717, 1.165) is 0 Å². The van der Waals surface area contributed by atoms with Gasteiger partial charge in [0, 0.05) is 17.8 Å². The summed E-state index contributed by atoms with van der Waals surface area (Å²) in [5.41, 5.74) is 0.625. The molecule has 0 saturated heterocycles. The van der Waals surface area contributed by atoms with Crippen LogP contribution in [0.2, 0.25) is 0 Å². The van der Waals surface area contributed by atoms with Crippen LogP contribution in [0.4, 0.5) is 11.4 Å². The van der Waals surface area contributed by atoms with Gasteiger partial charge in [0.05, 0.1) is 10.5 Å². The third kappa shape index (κ3) is 3.65. The molecule has 8 nitrogen and oxygen atoms in total. The highest BCUT2D eigenvalue weighted by atomic mass is 35.5. The van der Waals surface area contributed by atoms with Crippen molar-refractivity contribution in [2.45, 2.75) is 6.29 Å². The third-order valence-corrected chi connectivity index (χ3v) is 3.80. The zero-order valence-corrected chi connectivity index (χ0v) is 13.8. The van der Waals surface area contributed by atoms with Gasteiger partial charge in [-0.25, -0.2) is 9.59 Å². The Hall–Kier alpha value is -3.39. The van der Waals surface area contributed by atoms with Gasteiger partial charge in [-0.15, -0.1) is 0 Å². The number of nitrogens with zero attached hydrogens (tertiary/aromatic N) is 1. The molecule has 0 amide bonds. The van der Waals surface area contributed by atoms with Gasteiger partial charge in [0.25, 0.3) is 12.0 Å². The van der Waals surface area contributed by atoms with Gasteiger partial charge in [-0.2, -0.15) is 0 Å². The number of carbonyl (C=O) groups excluding carboxylic acids is 2. The van der Waals surface area contributed by atoms with E-state index in [1.54, 1.807) is 30.3 Å². The number of nitro groups is 1. The van der Waals surface area contributed by atoms with Crippen molar-refractivity contribution < 1.29 is 24.0 Å². The van der Waals surface area contributed by atoms with Crippen LogP contribution >= 0.6 is 11.6 Å². The molecule has 132 valence electrons. The lowest BCUT2D eigenvalue weighted by atomic mass is 10.2. The fourth-order valence-corrected chi connectivity index (χ4v) is 2.36. The van der Waals surface area contributed by atoms with E-state index in [9.17, 15) is 19.7 Å². The predicted molar refractivity (Wildman–Crippen MR) is 91.3 cm³/mol. The number of rotatable bonds is 5. The summed E-state index contributed by atoms with van der Waals surface area (Å²) in [6.07, 6.45) is -1.35. The van der Waals surface area contributed by atoms with Gasteiger partial charge in [-0.3, -0.25) is 10.1 Å². The van der Waals surface area contributed by atoms with Crippen molar-refractivity contribution in [3.8, 4) is 0 Å². The summed E-state index contributed by atoms with van der Waals surface area (Å²) in [4.78, 5) is 34.0. The van der Waals surface area contributed by atoms with E-state index in [1.807, 2.05) is 0 Å². The number of ether oxygens (including phenoxy) is 2. The van der Waals surface area contributed by atoms with Gasteiger partial charge in [0.2, 0.25) is 0 Å². The highest BCUT2D eigenvalue weighted by Crippen LogP contribution is 2.29. The molecule has 0 spiro atoms. The summed E-state index contributed by atoms with van der Waals surface area (Å²) in [5.74, 6) is -1.54. The van der Waals surface area contributed by atoms with Gasteiger partial charge in [-0.1, -0.05) is 29.8 Å². The number of hydrogen-bond donors (Lipinski definition) is 1. The number of benzene rings is 2. The standard InChI is InChI=1S/C17H11ClN2O6/c18-13-14(19-11-6-8-12(9-7-11)20(23)24)17(26-16(13)22)25-15(21)10-4-2-1-3-5-10/h1-9,17,19H/t17-/m0/s1. The summed E-state index contributed by atoms with van der Waals surface area (Å²) in [5, 5.41) is 13.2. The van der Waals surface area contributed by atoms with E-state index in [4.69, 9.17) is 21.1 Å². The quantitative estimate of drug-likeness (QED) is 0.486. The zero-order chi connectivity index (χ0) is 18.7. The Morgan fingerprint density at radius 1 is 1.15 bits per heavy atom.